The van der Waals surface area contributed by atoms with E-state index in [1.54, 1.807) is 7.11 Å². The Kier molecular flexibility index (Phi) is 5.76. The van der Waals surface area contributed by atoms with E-state index in [0.717, 1.165) is 44.6 Å². The molecule has 4 nitrogen and oxygen atoms in total. The number of carboxylic acids is 1. The number of carboxylic acid groups (broad SMARTS) is 1. The summed E-state index contributed by atoms with van der Waals surface area (Å²) in [7, 11) is 1.72. The standard InChI is InChI=1S/C17H25NO3/c1-21-14-6-5-11-18-12-9-17(10-13-18,16(19)20)15-7-3-2-4-8-15/h2-4,7-8H,5-6,9-14H2,1H3,(H,19,20). The molecule has 0 bridgehead atoms. The highest BCUT2D eigenvalue weighted by Crippen LogP contribution is 2.35. The number of nitrogens with zero attached hydrogens (tertiary/aromatic N) is 1. The third-order valence-corrected chi connectivity index (χ3v) is 4.52. The number of methoxy groups -OCH3 is 1. The van der Waals surface area contributed by atoms with Gasteiger partial charge in [-0.1, -0.05) is 30.3 Å². The van der Waals surface area contributed by atoms with Crippen molar-refractivity contribution >= 4 is 5.97 Å². The fourth-order valence-corrected chi connectivity index (χ4v) is 3.12. The van der Waals surface area contributed by atoms with Crippen LogP contribution in [0.2, 0.25) is 0 Å². The van der Waals surface area contributed by atoms with E-state index in [0.29, 0.717) is 12.8 Å². The van der Waals surface area contributed by atoms with Crippen LogP contribution in [0.5, 0.6) is 0 Å². The number of carbonyl (C=O) groups is 1. The average molecular weight is 291 g/mol. The third-order valence-electron chi connectivity index (χ3n) is 4.52. The van der Waals surface area contributed by atoms with E-state index >= 15 is 0 Å². The molecule has 0 radical (unpaired) electrons. The Labute approximate surface area is 126 Å². The largest absolute Gasteiger partial charge is 0.481 e. The minimum Gasteiger partial charge on any atom is -0.481 e. The lowest BCUT2D eigenvalue weighted by atomic mass is 9.73. The van der Waals surface area contributed by atoms with Gasteiger partial charge in [0.25, 0.3) is 0 Å². The summed E-state index contributed by atoms with van der Waals surface area (Å²) in [4.78, 5) is 14.2. The minimum atomic E-state index is -0.704. The topological polar surface area (TPSA) is 49.8 Å². The molecule has 0 amide bonds. The molecular formula is C17H25NO3. The molecule has 0 spiro atoms. The van der Waals surface area contributed by atoms with Gasteiger partial charge in [-0.25, -0.2) is 0 Å². The molecule has 21 heavy (non-hydrogen) atoms. The number of unbranched alkanes of at least 4 members (excludes halogenated alkanes) is 1. The van der Waals surface area contributed by atoms with E-state index in [9.17, 15) is 9.90 Å². The summed E-state index contributed by atoms with van der Waals surface area (Å²) in [5, 5.41) is 9.74. The number of hydrogen-bond acceptors (Lipinski definition) is 3. The zero-order valence-corrected chi connectivity index (χ0v) is 12.8. The lowest BCUT2D eigenvalue weighted by molar-refractivity contribution is -0.146. The van der Waals surface area contributed by atoms with Crippen LogP contribution in [0.3, 0.4) is 0 Å². The molecule has 0 unspecified atom stereocenters. The van der Waals surface area contributed by atoms with Crippen molar-refractivity contribution in [3.63, 3.8) is 0 Å². The van der Waals surface area contributed by atoms with Gasteiger partial charge in [-0.3, -0.25) is 4.79 Å². The zero-order valence-electron chi connectivity index (χ0n) is 12.8. The van der Waals surface area contributed by atoms with E-state index < -0.39 is 11.4 Å². The molecule has 1 aromatic carbocycles. The molecule has 0 aromatic heterocycles. The molecule has 1 N–H and O–H groups in total. The lowest BCUT2D eigenvalue weighted by Crippen LogP contribution is -2.47. The summed E-state index contributed by atoms with van der Waals surface area (Å²) in [5.74, 6) is -0.687. The van der Waals surface area contributed by atoms with Gasteiger partial charge < -0.3 is 14.7 Å². The molecule has 4 heteroatoms. The van der Waals surface area contributed by atoms with E-state index in [1.165, 1.54) is 0 Å². The summed E-state index contributed by atoms with van der Waals surface area (Å²) >= 11 is 0. The van der Waals surface area contributed by atoms with Crippen LogP contribution >= 0.6 is 0 Å². The van der Waals surface area contributed by atoms with Gasteiger partial charge in [0.2, 0.25) is 0 Å². The quantitative estimate of drug-likeness (QED) is 0.784. The van der Waals surface area contributed by atoms with Crippen LogP contribution in [0.4, 0.5) is 0 Å². The molecule has 1 aliphatic heterocycles. The fourth-order valence-electron chi connectivity index (χ4n) is 3.12. The minimum absolute atomic E-state index is 0.687. The molecule has 0 saturated carbocycles. The van der Waals surface area contributed by atoms with E-state index in [2.05, 4.69) is 4.90 Å². The molecular weight excluding hydrogens is 266 g/mol. The predicted molar refractivity (Wildman–Crippen MR) is 82.5 cm³/mol. The first-order valence-corrected chi connectivity index (χ1v) is 7.69. The Balaban J connectivity index is 1.94. The van der Waals surface area contributed by atoms with Crippen LogP contribution < -0.4 is 0 Å². The smallest absolute Gasteiger partial charge is 0.314 e. The fraction of sp³-hybridized carbons (Fsp3) is 0.588. The van der Waals surface area contributed by atoms with Crippen molar-refractivity contribution in [3.8, 4) is 0 Å². The van der Waals surface area contributed by atoms with Gasteiger partial charge in [0, 0.05) is 13.7 Å². The van der Waals surface area contributed by atoms with Crippen LogP contribution in [0, 0.1) is 0 Å². The first kappa shape index (κ1) is 16.0. The van der Waals surface area contributed by atoms with E-state index in [-0.39, 0.29) is 0 Å². The van der Waals surface area contributed by atoms with Crippen LogP contribution in [0.15, 0.2) is 30.3 Å². The number of hydrogen-bond donors (Lipinski definition) is 1. The van der Waals surface area contributed by atoms with Crippen LogP contribution in [0.25, 0.3) is 0 Å². The lowest BCUT2D eigenvalue weighted by Gasteiger charge is -2.39. The van der Waals surface area contributed by atoms with Gasteiger partial charge in [-0.2, -0.15) is 0 Å². The van der Waals surface area contributed by atoms with Crippen molar-refractivity contribution < 1.29 is 14.6 Å². The molecule has 116 valence electrons. The summed E-state index contributed by atoms with van der Waals surface area (Å²) in [5.41, 5.74) is 0.237. The van der Waals surface area contributed by atoms with Crippen molar-refractivity contribution in [1.82, 2.24) is 4.90 Å². The third kappa shape index (κ3) is 3.83. The molecule has 1 aromatic rings. The van der Waals surface area contributed by atoms with Crippen LogP contribution in [0.1, 0.15) is 31.2 Å². The summed E-state index contributed by atoms with van der Waals surface area (Å²) in [6.07, 6.45) is 3.56. The van der Waals surface area contributed by atoms with Gasteiger partial charge in [-0.15, -0.1) is 0 Å². The molecule has 0 aliphatic carbocycles. The van der Waals surface area contributed by atoms with Crippen molar-refractivity contribution in [3.05, 3.63) is 35.9 Å². The van der Waals surface area contributed by atoms with Crippen molar-refractivity contribution in [1.29, 1.82) is 0 Å². The first-order valence-electron chi connectivity index (χ1n) is 7.69. The Morgan fingerprint density at radius 1 is 1.24 bits per heavy atom. The summed E-state index contributed by atoms with van der Waals surface area (Å²) < 4.78 is 5.06. The normalized spacial score (nSPS) is 18.5. The van der Waals surface area contributed by atoms with Gasteiger partial charge in [0.05, 0.1) is 5.41 Å². The van der Waals surface area contributed by atoms with Crippen molar-refractivity contribution in [2.75, 3.05) is 33.4 Å². The highest BCUT2D eigenvalue weighted by molar-refractivity contribution is 5.81. The average Bonchev–Trinajstić information content (AvgIpc) is 2.53. The van der Waals surface area contributed by atoms with Crippen molar-refractivity contribution in [2.45, 2.75) is 31.1 Å². The van der Waals surface area contributed by atoms with Crippen LogP contribution in [-0.4, -0.2) is 49.3 Å². The van der Waals surface area contributed by atoms with Gasteiger partial charge >= 0.3 is 5.97 Å². The molecule has 2 rings (SSSR count). The van der Waals surface area contributed by atoms with Crippen molar-refractivity contribution in [2.24, 2.45) is 0 Å². The number of piperidine rings is 1. The molecule has 1 heterocycles. The Morgan fingerprint density at radius 2 is 1.90 bits per heavy atom. The first-order chi connectivity index (χ1) is 10.2. The summed E-state index contributed by atoms with van der Waals surface area (Å²) in [6.45, 7) is 3.55. The predicted octanol–water partition coefficient (Wildman–Crippen LogP) is 2.53. The molecule has 1 fully saturated rings. The Morgan fingerprint density at radius 3 is 2.48 bits per heavy atom. The number of likely N-dealkylation sites (tertiary alicyclic amines) is 1. The highest BCUT2D eigenvalue weighted by atomic mass is 16.5. The van der Waals surface area contributed by atoms with Crippen LogP contribution in [-0.2, 0) is 14.9 Å². The second-order valence-corrected chi connectivity index (χ2v) is 5.79. The Bertz CT molecular complexity index is 439. The Hall–Kier alpha value is -1.39. The molecule has 0 atom stereocenters. The SMILES string of the molecule is COCCCCN1CCC(C(=O)O)(c2ccccc2)CC1. The number of aliphatic carboxylic acids is 1. The maximum Gasteiger partial charge on any atom is 0.314 e. The maximum absolute atomic E-state index is 11.8. The second-order valence-electron chi connectivity index (χ2n) is 5.79. The number of rotatable bonds is 7. The second kappa shape index (κ2) is 7.57. The molecule has 1 aliphatic rings. The monoisotopic (exact) mass is 291 g/mol. The number of ether oxygens (including phenoxy) is 1. The highest BCUT2D eigenvalue weighted by Gasteiger charge is 2.42. The van der Waals surface area contributed by atoms with E-state index in [4.69, 9.17) is 4.74 Å². The van der Waals surface area contributed by atoms with Gasteiger partial charge in [0.1, 0.15) is 0 Å². The zero-order chi connectivity index (χ0) is 15.1. The van der Waals surface area contributed by atoms with Gasteiger partial charge in [-0.05, 0) is 50.9 Å². The summed E-state index contributed by atoms with van der Waals surface area (Å²) in [6, 6.07) is 9.68. The molecule has 1 saturated heterocycles. The van der Waals surface area contributed by atoms with Gasteiger partial charge in [0.15, 0.2) is 0 Å². The number of benzene rings is 1. The maximum atomic E-state index is 11.8. The van der Waals surface area contributed by atoms with E-state index in [1.807, 2.05) is 30.3 Å².